The number of aromatic nitrogens is 1. The van der Waals surface area contributed by atoms with Crippen LogP contribution in [0.2, 0.25) is 0 Å². The number of nitriles is 1. The Morgan fingerprint density at radius 1 is 1.35 bits per heavy atom. The lowest BCUT2D eigenvalue weighted by Crippen LogP contribution is -2.51. The van der Waals surface area contributed by atoms with Gasteiger partial charge in [-0.3, -0.25) is 0 Å². The molecule has 0 spiro atoms. The monoisotopic (exact) mass is 229 g/mol. The van der Waals surface area contributed by atoms with Crippen molar-refractivity contribution in [2.45, 2.75) is 38.8 Å². The summed E-state index contributed by atoms with van der Waals surface area (Å²) in [6.45, 7) is 8.36. The van der Waals surface area contributed by atoms with Gasteiger partial charge >= 0.3 is 7.05 Å². The van der Waals surface area contributed by atoms with E-state index >= 15 is 0 Å². The first-order valence-corrected chi connectivity index (χ1v) is 5.67. The summed E-state index contributed by atoms with van der Waals surface area (Å²) >= 11 is 0. The predicted molar refractivity (Wildman–Crippen MR) is 66.7 cm³/mol. The molecule has 1 saturated heterocycles. The van der Waals surface area contributed by atoms with Gasteiger partial charge in [0.2, 0.25) is 0 Å². The van der Waals surface area contributed by atoms with E-state index < -0.39 is 0 Å². The van der Waals surface area contributed by atoms with Gasteiger partial charge in [-0.05, 0) is 39.2 Å². The van der Waals surface area contributed by atoms with Crippen LogP contribution in [-0.4, -0.2) is 23.2 Å². The lowest BCUT2D eigenvalue weighted by atomic mass is 9.74. The first-order valence-electron chi connectivity index (χ1n) is 5.67. The zero-order chi connectivity index (χ0) is 12.7. The van der Waals surface area contributed by atoms with E-state index in [-0.39, 0.29) is 18.2 Å². The minimum Gasteiger partial charge on any atom is -0.411 e. The number of pyridine rings is 1. The minimum absolute atomic E-state index is 0.106. The summed E-state index contributed by atoms with van der Waals surface area (Å²) in [5, 5.41) is 12.1. The molecule has 1 aromatic heterocycles. The standard InChI is InChI=1S/C12H16BN3O/c1-11(2)12(3,4)17-13(16-11)9-5-6-10(7-14)15-8-9/h5-6,8,16H,1-4H3. The van der Waals surface area contributed by atoms with Crippen LogP contribution < -0.4 is 10.7 Å². The molecule has 0 aromatic carbocycles. The van der Waals surface area contributed by atoms with Gasteiger partial charge in [-0.15, -0.1) is 0 Å². The van der Waals surface area contributed by atoms with Crippen LogP contribution in [0.3, 0.4) is 0 Å². The van der Waals surface area contributed by atoms with Gasteiger partial charge in [-0.1, -0.05) is 6.07 Å². The first kappa shape index (κ1) is 12.1. The first-order chi connectivity index (χ1) is 7.86. The molecular weight excluding hydrogens is 213 g/mol. The van der Waals surface area contributed by atoms with E-state index in [9.17, 15) is 0 Å². The molecule has 1 fully saturated rings. The third-order valence-corrected chi connectivity index (χ3v) is 3.61. The zero-order valence-corrected chi connectivity index (χ0v) is 10.6. The average Bonchev–Trinajstić information content (AvgIpc) is 2.48. The summed E-state index contributed by atoms with van der Waals surface area (Å²) in [5.74, 6) is 0. The molecule has 0 bridgehead atoms. The van der Waals surface area contributed by atoms with Gasteiger partial charge in [0.05, 0.1) is 5.60 Å². The molecule has 5 heteroatoms. The van der Waals surface area contributed by atoms with E-state index in [2.05, 4.69) is 37.9 Å². The Bertz CT molecular complexity index is 446. The molecule has 88 valence electrons. The maximum Gasteiger partial charge on any atom is 0.418 e. The third-order valence-electron chi connectivity index (χ3n) is 3.61. The molecule has 1 aliphatic rings. The summed E-state index contributed by atoms with van der Waals surface area (Å²) in [7, 11) is -0.166. The van der Waals surface area contributed by atoms with Gasteiger partial charge in [0.25, 0.3) is 0 Å². The van der Waals surface area contributed by atoms with Crippen molar-refractivity contribution in [3.8, 4) is 6.07 Å². The Balaban J connectivity index is 2.23. The van der Waals surface area contributed by atoms with E-state index in [4.69, 9.17) is 9.92 Å². The fraction of sp³-hybridized carbons (Fsp3) is 0.500. The third kappa shape index (κ3) is 2.06. The topological polar surface area (TPSA) is 57.9 Å². The predicted octanol–water partition coefficient (Wildman–Crippen LogP) is 0.825. The second-order valence-corrected chi connectivity index (χ2v) is 5.37. The van der Waals surface area contributed by atoms with E-state index in [0.717, 1.165) is 5.46 Å². The molecule has 1 N–H and O–H groups in total. The molecule has 0 amide bonds. The van der Waals surface area contributed by atoms with E-state index in [1.54, 1.807) is 12.3 Å². The van der Waals surface area contributed by atoms with Crippen molar-refractivity contribution in [2.24, 2.45) is 0 Å². The van der Waals surface area contributed by atoms with E-state index in [1.165, 1.54) is 0 Å². The van der Waals surface area contributed by atoms with Crippen LogP contribution in [0, 0.1) is 11.3 Å². The van der Waals surface area contributed by atoms with Crippen LogP contribution in [0.1, 0.15) is 33.4 Å². The number of hydrogen-bond acceptors (Lipinski definition) is 4. The maximum atomic E-state index is 8.70. The Morgan fingerprint density at radius 2 is 2.06 bits per heavy atom. The van der Waals surface area contributed by atoms with E-state index in [1.807, 2.05) is 12.1 Å². The second-order valence-electron chi connectivity index (χ2n) is 5.37. The molecule has 2 heterocycles. The van der Waals surface area contributed by atoms with Crippen LogP contribution in [0.5, 0.6) is 0 Å². The molecule has 1 aromatic rings. The number of nitrogens with one attached hydrogen (secondary N) is 1. The molecule has 1 aliphatic heterocycles. The van der Waals surface area contributed by atoms with Crippen molar-refractivity contribution in [3.05, 3.63) is 24.0 Å². The zero-order valence-electron chi connectivity index (χ0n) is 10.6. The van der Waals surface area contributed by atoms with Gasteiger partial charge < -0.3 is 9.88 Å². The van der Waals surface area contributed by atoms with Gasteiger partial charge in [-0.25, -0.2) is 4.98 Å². The Hall–Kier alpha value is -1.38. The fourth-order valence-electron chi connectivity index (χ4n) is 1.75. The minimum atomic E-state index is -0.244. The Morgan fingerprint density at radius 3 is 2.47 bits per heavy atom. The van der Waals surface area contributed by atoms with Crippen molar-refractivity contribution in [1.29, 1.82) is 5.26 Å². The highest BCUT2D eigenvalue weighted by atomic mass is 16.5. The highest BCUT2D eigenvalue weighted by Crippen LogP contribution is 2.31. The second kappa shape index (κ2) is 3.83. The van der Waals surface area contributed by atoms with Gasteiger partial charge in [0.15, 0.2) is 0 Å². The number of nitrogens with zero attached hydrogens (tertiary/aromatic N) is 2. The van der Waals surface area contributed by atoms with E-state index in [0.29, 0.717) is 5.69 Å². The van der Waals surface area contributed by atoms with Crippen LogP contribution >= 0.6 is 0 Å². The van der Waals surface area contributed by atoms with Gasteiger partial charge in [0.1, 0.15) is 11.8 Å². The number of rotatable bonds is 1. The molecule has 0 saturated carbocycles. The Kier molecular flexibility index (Phi) is 2.72. The summed E-state index contributed by atoms with van der Waals surface area (Å²) in [6.07, 6.45) is 1.69. The highest BCUT2D eigenvalue weighted by Gasteiger charge is 2.49. The molecule has 17 heavy (non-hydrogen) atoms. The van der Waals surface area contributed by atoms with Crippen LogP contribution in [0.4, 0.5) is 0 Å². The molecule has 0 atom stereocenters. The molecule has 4 nitrogen and oxygen atoms in total. The van der Waals surface area contributed by atoms with Crippen molar-refractivity contribution in [2.75, 3.05) is 0 Å². The van der Waals surface area contributed by atoms with Crippen LogP contribution in [-0.2, 0) is 4.65 Å². The fourth-order valence-corrected chi connectivity index (χ4v) is 1.75. The average molecular weight is 229 g/mol. The normalized spacial score (nSPS) is 21.2. The summed E-state index contributed by atoms with van der Waals surface area (Å²) in [4.78, 5) is 4.06. The quantitative estimate of drug-likeness (QED) is 0.724. The van der Waals surface area contributed by atoms with Crippen LogP contribution in [0.25, 0.3) is 0 Å². The summed E-state index contributed by atoms with van der Waals surface area (Å²) in [5.41, 5.74) is 1.02. The SMILES string of the molecule is CC1(C)NB(c2ccc(C#N)nc2)OC1(C)C. The molecule has 2 rings (SSSR count). The van der Waals surface area contributed by atoms with Crippen molar-refractivity contribution < 1.29 is 4.65 Å². The highest BCUT2D eigenvalue weighted by molar-refractivity contribution is 6.65. The maximum absolute atomic E-state index is 8.70. The molecular formula is C12H16BN3O. The van der Waals surface area contributed by atoms with Crippen molar-refractivity contribution >= 4 is 12.5 Å². The smallest absolute Gasteiger partial charge is 0.411 e. The molecule has 0 unspecified atom stereocenters. The van der Waals surface area contributed by atoms with Crippen molar-refractivity contribution in [3.63, 3.8) is 0 Å². The lowest BCUT2D eigenvalue weighted by Gasteiger charge is -2.33. The largest absolute Gasteiger partial charge is 0.418 e. The summed E-state index contributed by atoms with van der Waals surface area (Å²) < 4.78 is 5.99. The van der Waals surface area contributed by atoms with Gasteiger partial charge in [0, 0.05) is 11.7 Å². The molecule has 0 aliphatic carbocycles. The number of hydrogen-bond donors (Lipinski definition) is 1. The lowest BCUT2D eigenvalue weighted by molar-refractivity contribution is 0.0750. The summed E-state index contributed by atoms with van der Waals surface area (Å²) in [6, 6.07) is 5.59. The van der Waals surface area contributed by atoms with Gasteiger partial charge in [-0.2, -0.15) is 5.26 Å². The Labute approximate surface area is 102 Å². The molecule has 0 radical (unpaired) electrons. The van der Waals surface area contributed by atoms with Crippen molar-refractivity contribution in [1.82, 2.24) is 10.2 Å². The van der Waals surface area contributed by atoms with Crippen LogP contribution in [0.15, 0.2) is 18.3 Å².